The number of amides is 2. The van der Waals surface area contributed by atoms with Gasteiger partial charge in [0.05, 0.1) is 17.7 Å². The number of aryl methyl sites for hydroxylation is 1. The van der Waals surface area contributed by atoms with Crippen molar-refractivity contribution in [1.82, 2.24) is 10.6 Å². The molecule has 0 bridgehead atoms. The average molecular weight is 327 g/mol. The second kappa shape index (κ2) is 8.09. The van der Waals surface area contributed by atoms with Crippen molar-refractivity contribution in [2.75, 3.05) is 6.54 Å². The molecule has 2 aromatic carbocycles. The number of nitrogens with one attached hydrogen (secondary N) is 2. The highest BCUT2D eigenvalue weighted by Crippen LogP contribution is 2.16. The molecule has 0 saturated carbocycles. The van der Waals surface area contributed by atoms with Crippen LogP contribution in [-0.4, -0.2) is 17.7 Å². The Balaban J connectivity index is 1.84. The van der Waals surface area contributed by atoms with E-state index in [4.69, 9.17) is 5.26 Å². The first-order valence-electron chi connectivity index (χ1n) is 7.45. The van der Waals surface area contributed by atoms with Gasteiger partial charge in [-0.15, -0.1) is 0 Å². The zero-order valence-electron chi connectivity index (χ0n) is 13.2. The molecular formula is C18H18FN3O2. The lowest BCUT2D eigenvalue weighted by atomic mass is 10.0. The molecule has 5 nitrogen and oxygen atoms in total. The third-order valence-corrected chi connectivity index (χ3v) is 3.62. The maximum absolute atomic E-state index is 13.7. The van der Waals surface area contributed by atoms with Gasteiger partial charge in [0, 0.05) is 18.7 Å². The summed E-state index contributed by atoms with van der Waals surface area (Å²) in [5.41, 5.74) is 2.19. The number of carbonyl (C=O) groups is 1. The Labute approximate surface area is 139 Å². The molecule has 1 atom stereocenters. The number of hydrogen-bond acceptors (Lipinski definition) is 3. The van der Waals surface area contributed by atoms with Gasteiger partial charge in [0.1, 0.15) is 5.82 Å². The number of nitriles is 1. The van der Waals surface area contributed by atoms with E-state index in [-0.39, 0.29) is 24.2 Å². The van der Waals surface area contributed by atoms with Gasteiger partial charge in [-0.05, 0) is 30.2 Å². The highest BCUT2D eigenvalue weighted by atomic mass is 19.1. The molecule has 6 heteroatoms. The first-order valence-corrected chi connectivity index (χ1v) is 7.45. The molecule has 0 aromatic heterocycles. The summed E-state index contributed by atoms with van der Waals surface area (Å²) in [6, 6.07) is 12.8. The molecule has 0 spiro atoms. The Hall–Kier alpha value is -2.91. The predicted octanol–water partition coefficient (Wildman–Crippen LogP) is 2.54. The van der Waals surface area contributed by atoms with Crippen molar-refractivity contribution in [2.24, 2.45) is 0 Å². The van der Waals surface area contributed by atoms with E-state index in [1.807, 2.05) is 31.2 Å². The van der Waals surface area contributed by atoms with Crippen LogP contribution in [0.5, 0.6) is 0 Å². The average Bonchev–Trinajstić information content (AvgIpc) is 2.58. The third-order valence-electron chi connectivity index (χ3n) is 3.62. The topological polar surface area (TPSA) is 85.2 Å². The lowest BCUT2D eigenvalue weighted by Gasteiger charge is -2.15. The van der Waals surface area contributed by atoms with E-state index >= 15 is 0 Å². The normalized spacial score (nSPS) is 11.4. The van der Waals surface area contributed by atoms with Crippen molar-refractivity contribution in [3.8, 4) is 6.07 Å². The van der Waals surface area contributed by atoms with E-state index in [9.17, 15) is 14.3 Å². The summed E-state index contributed by atoms with van der Waals surface area (Å²) < 4.78 is 13.7. The lowest BCUT2D eigenvalue weighted by Crippen LogP contribution is -2.37. The molecule has 0 saturated heterocycles. The third kappa shape index (κ3) is 4.54. The van der Waals surface area contributed by atoms with Crippen LogP contribution in [0.15, 0.2) is 42.5 Å². The Bertz CT molecular complexity index is 771. The van der Waals surface area contributed by atoms with Gasteiger partial charge in [-0.25, -0.2) is 9.18 Å². The standard InChI is InChI=1S/C18H18FN3O2/c1-12-4-2-3-5-15(12)17(23)11-22-18(24)21-10-14-7-6-13(9-20)8-16(14)19/h2-8,17,23H,10-11H2,1H3,(H2,21,22,24). The van der Waals surface area contributed by atoms with Crippen LogP contribution in [0.25, 0.3) is 0 Å². The fourth-order valence-corrected chi connectivity index (χ4v) is 2.26. The lowest BCUT2D eigenvalue weighted by molar-refractivity contribution is 0.172. The first kappa shape index (κ1) is 17.4. The van der Waals surface area contributed by atoms with E-state index < -0.39 is 18.0 Å². The number of aliphatic hydroxyl groups excluding tert-OH is 1. The maximum atomic E-state index is 13.7. The van der Waals surface area contributed by atoms with Crippen molar-refractivity contribution in [3.63, 3.8) is 0 Å². The molecular weight excluding hydrogens is 309 g/mol. The number of urea groups is 1. The molecule has 124 valence electrons. The zero-order valence-corrected chi connectivity index (χ0v) is 13.2. The quantitative estimate of drug-likeness (QED) is 0.789. The number of halogens is 1. The van der Waals surface area contributed by atoms with Crippen molar-refractivity contribution in [1.29, 1.82) is 5.26 Å². The molecule has 2 rings (SSSR count). The molecule has 24 heavy (non-hydrogen) atoms. The largest absolute Gasteiger partial charge is 0.387 e. The van der Waals surface area contributed by atoms with Gasteiger partial charge in [0.2, 0.25) is 0 Å². The molecule has 1 unspecified atom stereocenters. The molecule has 2 amide bonds. The van der Waals surface area contributed by atoms with Crippen molar-refractivity contribution >= 4 is 6.03 Å². The zero-order chi connectivity index (χ0) is 17.5. The number of nitrogens with zero attached hydrogens (tertiary/aromatic N) is 1. The summed E-state index contributed by atoms with van der Waals surface area (Å²) in [5.74, 6) is -0.547. The summed E-state index contributed by atoms with van der Waals surface area (Å²) in [4.78, 5) is 11.8. The fourth-order valence-electron chi connectivity index (χ4n) is 2.26. The predicted molar refractivity (Wildman–Crippen MR) is 87.5 cm³/mol. The van der Waals surface area contributed by atoms with Crippen LogP contribution in [0.3, 0.4) is 0 Å². The van der Waals surface area contributed by atoms with E-state index in [1.54, 1.807) is 6.07 Å². The molecule has 3 N–H and O–H groups in total. The highest BCUT2D eigenvalue weighted by molar-refractivity contribution is 5.73. The van der Waals surface area contributed by atoms with Gasteiger partial charge >= 0.3 is 6.03 Å². The first-order chi connectivity index (χ1) is 11.5. The van der Waals surface area contributed by atoms with Crippen LogP contribution >= 0.6 is 0 Å². The summed E-state index contributed by atoms with van der Waals surface area (Å²) >= 11 is 0. The van der Waals surface area contributed by atoms with Gasteiger partial charge in [-0.1, -0.05) is 30.3 Å². The monoisotopic (exact) mass is 327 g/mol. The second-order valence-electron chi connectivity index (χ2n) is 5.35. The molecule has 0 heterocycles. The van der Waals surface area contributed by atoms with E-state index in [2.05, 4.69) is 10.6 Å². The van der Waals surface area contributed by atoms with Crippen LogP contribution in [-0.2, 0) is 6.54 Å². The fraction of sp³-hybridized carbons (Fsp3) is 0.222. The van der Waals surface area contributed by atoms with Crippen LogP contribution in [0.1, 0.15) is 28.4 Å². The number of aliphatic hydroxyl groups is 1. The van der Waals surface area contributed by atoms with Gasteiger partial charge in [0.15, 0.2) is 0 Å². The van der Waals surface area contributed by atoms with Crippen molar-refractivity contribution < 1.29 is 14.3 Å². The smallest absolute Gasteiger partial charge is 0.315 e. The second-order valence-corrected chi connectivity index (χ2v) is 5.35. The van der Waals surface area contributed by atoms with Gasteiger partial charge in [-0.2, -0.15) is 5.26 Å². The van der Waals surface area contributed by atoms with E-state index in [1.165, 1.54) is 12.1 Å². The SMILES string of the molecule is Cc1ccccc1C(O)CNC(=O)NCc1ccc(C#N)cc1F. The summed E-state index contributed by atoms with van der Waals surface area (Å²) in [6.45, 7) is 1.92. The Morgan fingerprint density at radius 3 is 2.71 bits per heavy atom. The van der Waals surface area contributed by atoms with Crippen LogP contribution < -0.4 is 10.6 Å². The minimum absolute atomic E-state index is 0.0101. The summed E-state index contributed by atoms with van der Waals surface area (Å²) in [5, 5.41) is 23.9. The maximum Gasteiger partial charge on any atom is 0.315 e. The molecule has 0 aliphatic rings. The van der Waals surface area contributed by atoms with Crippen LogP contribution in [0, 0.1) is 24.1 Å². The minimum atomic E-state index is -0.816. The van der Waals surface area contributed by atoms with Crippen molar-refractivity contribution in [2.45, 2.75) is 19.6 Å². The van der Waals surface area contributed by atoms with Crippen LogP contribution in [0.4, 0.5) is 9.18 Å². The van der Waals surface area contributed by atoms with E-state index in [0.29, 0.717) is 0 Å². The Kier molecular flexibility index (Phi) is 5.88. The Morgan fingerprint density at radius 2 is 2.04 bits per heavy atom. The summed E-state index contributed by atoms with van der Waals surface area (Å²) in [6.07, 6.45) is -0.816. The van der Waals surface area contributed by atoms with E-state index in [0.717, 1.165) is 17.2 Å². The van der Waals surface area contributed by atoms with Gasteiger partial charge in [0.25, 0.3) is 0 Å². The number of rotatable bonds is 5. The Morgan fingerprint density at radius 1 is 1.29 bits per heavy atom. The van der Waals surface area contributed by atoms with Crippen LogP contribution in [0.2, 0.25) is 0 Å². The number of hydrogen-bond donors (Lipinski definition) is 3. The number of carbonyl (C=O) groups excluding carboxylic acids is 1. The van der Waals surface area contributed by atoms with Crippen molar-refractivity contribution in [3.05, 3.63) is 70.5 Å². The van der Waals surface area contributed by atoms with Gasteiger partial charge < -0.3 is 15.7 Å². The molecule has 0 radical (unpaired) electrons. The molecule has 0 aliphatic carbocycles. The summed E-state index contributed by atoms with van der Waals surface area (Å²) in [7, 11) is 0. The molecule has 0 aliphatic heterocycles. The van der Waals surface area contributed by atoms with Gasteiger partial charge in [-0.3, -0.25) is 0 Å². The molecule has 0 fully saturated rings. The highest BCUT2D eigenvalue weighted by Gasteiger charge is 2.11. The minimum Gasteiger partial charge on any atom is -0.387 e. The molecule has 2 aromatic rings. The number of benzene rings is 2.